The molecule has 1 fully saturated rings. The SMILES string of the molecule is CCC(CC)CO[C@@H]1CC(C(=O)N[C@@H](CC(F)F)C(=O)NCCc2c(F)cc(C(=O)O)cc2F)N(C(=O)[C@@H](O)C(C)C)C1. The smallest absolute Gasteiger partial charge is 0.335 e. The van der Waals surface area contributed by atoms with E-state index in [0.717, 1.165) is 17.7 Å². The number of aliphatic hydroxyl groups is 1. The highest BCUT2D eigenvalue weighted by atomic mass is 19.3. The average molecular weight is 620 g/mol. The summed E-state index contributed by atoms with van der Waals surface area (Å²) in [6, 6.07) is -1.70. The van der Waals surface area contributed by atoms with Crippen LogP contribution in [0.4, 0.5) is 17.6 Å². The zero-order chi connectivity index (χ0) is 32.4. The highest BCUT2D eigenvalue weighted by Crippen LogP contribution is 2.25. The molecule has 1 aromatic carbocycles. The van der Waals surface area contributed by atoms with Gasteiger partial charge < -0.3 is 30.5 Å². The minimum Gasteiger partial charge on any atom is -0.478 e. The summed E-state index contributed by atoms with van der Waals surface area (Å²) in [6.45, 7) is 7.23. The number of ether oxygens (including phenoxy) is 1. The number of nitrogens with one attached hydrogen (secondary N) is 2. The number of rotatable bonds is 16. The van der Waals surface area contributed by atoms with E-state index in [0.29, 0.717) is 18.7 Å². The lowest BCUT2D eigenvalue weighted by molar-refractivity contribution is -0.147. The Hall–Kier alpha value is -3.26. The van der Waals surface area contributed by atoms with Crippen LogP contribution >= 0.6 is 0 Å². The summed E-state index contributed by atoms with van der Waals surface area (Å²) in [5, 5.41) is 23.8. The van der Waals surface area contributed by atoms with Crippen LogP contribution in [0.15, 0.2) is 12.1 Å². The van der Waals surface area contributed by atoms with E-state index in [1.807, 2.05) is 13.8 Å². The van der Waals surface area contributed by atoms with Crippen molar-refractivity contribution in [3.63, 3.8) is 0 Å². The van der Waals surface area contributed by atoms with Crippen LogP contribution in [-0.2, 0) is 25.5 Å². The summed E-state index contributed by atoms with van der Waals surface area (Å²) in [6.07, 6.45) is -4.73. The number of aromatic carboxylic acids is 1. The van der Waals surface area contributed by atoms with Crippen molar-refractivity contribution in [2.75, 3.05) is 19.7 Å². The van der Waals surface area contributed by atoms with Gasteiger partial charge in [-0.05, 0) is 30.4 Å². The zero-order valence-corrected chi connectivity index (χ0v) is 24.7. The Morgan fingerprint density at radius 1 is 1.09 bits per heavy atom. The maximum absolute atomic E-state index is 14.2. The molecule has 1 unspecified atom stereocenters. The van der Waals surface area contributed by atoms with Crippen LogP contribution in [0.5, 0.6) is 0 Å². The molecule has 43 heavy (non-hydrogen) atoms. The number of hydrogen-bond donors (Lipinski definition) is 4. The number of likely N-dealkylation sites (tertiary alicyclic amines) is 1. The molecule has 242 valence electrons. The van der Waals surface area contributed by atoms with Crippen molar-refractivity contribution in [2.24, 2.45) is 11.8 Å². The van der Waals surface area contributed by atoms with Crippen molar-refractivity contribution in [3.8, 4) is 0 Å². The molecule has 1 aliphatic heterocycles. The molecule has 3 amide bonds. The van der Waals surface area contributed by atoms with Crippen LogP contribution in [0.25, 0.3) is 0 Å². The monoisotopic (exact) mass is 619 g/mol. The van der Waals surface area contributed by atoms with Crippen molar-refractivity contribution in [3.05, 3.63) is 34.9 Å². The van der Waals surface area contributed by atoms with Crippen molar-refractivity contribution in [1.29, 1.82) is 0 Å². The molecule has 1 aliphatic rings. The maximum atomic E-state index is 14.2. The first kappa shape index (κ1) is 35.9. The largest absolute Gasteiger partial charge is 0.478 e. The Labute approximate surface area is 248 Å². The average Bonchev–Trinajstić information content (AvgIpc) is 3.37. The first-order valence-corrected chi connectivity index (χ1v) is 14.4. The topological polar surface area (TPSA) is 145 Å². The Kier molecular flexibility index (Phi) is 13.8. The molecule has 0 bridgehead atoms. The summed E-state index contributed by atoms with van der Waals surface area (Å²) in [5.41, 5.74) is -1.12. The second kappa shape index (κ2) is 16.6. The van der Waals surface area contributed by atoms with Gasteiger partial charge >= 0.3 is 5.97 Å². The number of nitrogens with zero attached hydrogens (tertiary/aromatic N) is 1. The van der Waals surface area contributed by atoms with Crippen LogP contribution in [0.3, 0.4) is 0 Å². The number of amides is 3. The lowest BCUT2D eigenvalue weighted by Crippen LogP contribution is -2.55. The van der Waals surface area contributed by atoms with Crippen molar-refractivity contribution < 1.29 is 51.7 Å². The maximum Gasteiger partial charge on any atom is 0.335 e. The molecule has 14 heteroatoms. The Morgan fingerprint density at radius 2 is 1.70 bits per heavy atom. The van der Waals surface area contributed by atoms with Gasteiger partial charge in [-0.25, -0.2) is 22.4 Å². The molecule has 2 rings (SSSR count). The number of aliphatic hydroxyl groups excluding tert-OH is 1. The molecule has 0 saturated carbocycles. The number of carbonyl (C=O) groups is 4. The standard InChI is InChI=1S/C29H41F4N3O7/c1-5-16(6-2)14-43-18-11-23(36(13-18)28(40)25(37)15(3)4)27(39)35-22(12-24(32)33)26(38)34-8-7-19-20(30)9-17(29(41)42)10-21(19)31/h9-10,15-16,18,22-25,37H,5-8,11-14H2,1-4H3,(H,34,38)(H,35,39)(H,41,42)/t18-,22+,23?,25+/m1/s1. The number of halogens is 4. The molecule has 0 aliphatic carbocycles. The van der Waals surface area contributed by atoms with E-state index in [4.69, 9.17) is 9.84 Å². The molecule has 0 aromatic heterocycles. The summed E-state index contributed by atoms with van der Waals surface area (Å²) in [4.78, 5) is 51.2. The molecule has 1 saturated heterocycles. The van der Waals surface area contributed by atoms with Gasteiger partial charge in [-0.1, -0.05) is 40.5 Å². The number of carboxylic acid groups (broad SMARTS) is 1. The molecular formula is C29H41F4N3O7. The van der Waals surface area contributed by atoms with E-state index in [9.17, 15) is 41.8 Å². The summed E-state index contributed by atoms with van der Waals surface area (Å²) >= 11 is 0. The van der Waals surface area contributed by atoms with Gasteiger partial charge in [-0.3, -0.25) is 14.4 Å². The molecule has 4 N–H and O–H groups in total. The summed E-state index contributed by atoms with van der Waals surface area (Å²) < 4.78 is 61.1. The van der Waals surface area contributed by atoms with Gasteiger partial charge in [-0.2, -0.15) is 0 Å². The fourth-order valence-electron chi connectivity index (χ4n) is 4.74. The number of alkyl halides is 2. The second-order valence-corrected chi connectivity index (χ2v) is 11.0. The molecule has 4 atom stereocenters. The van der Waals surface area contributed by atoms with Crippen molar-refractivity contribution >= 4 is 23.7 Å². The fraction of sp³-hybridized carbons (Fsp3) is 0.655. The van der Waals surface area contributed by atoms with E-state index in [1.165, 1.54) is 0 Å². The van der Waals surface area contributed by atoms with Crippen LogP contribution < -0.4 is 10.6 Å². The van der Waals surface area contributed by atoms with E-state index in [-0.39, 0.29) is 18.9 Å². The molecular weight excluding hydrogens is 578 g/mol. The fourth-order valence-corrected chi connectivity index (χ4v) is 4.74. The molecule has 10 nitrogen and oxygen atoms in total. The third-order valence-electron chi connectivity index (χ3n) is 7.56. The van der Waals surface area contributed by atoms with Gasteiger partial charge in [0.05, 0.1) is 11.7 Å². The Morgan fingerprint density at radius 3 is 2.21 bits per heavy atom. The predicted octanol–water partition coefficient (Wildman–Crippen LogP) is 2.90. The highest BCUT2D eigenvalue weighted by molar-refractivity contribution is 5.93. The van der Waals surface area contributed by atoms with Crippen LogP contribution in [-0.4, -0.2) is 89.2 Å². The van der Waals surface area contributed by atoms with Gasteiger partial charge in [0.2, 0.25) is 18.2 Å². The lowest BCUT2D eigenvalue weighted by Gasteiger charge is -2.28. The number of benzene rings is 1. The Bertz CT molecular complexity index is 1110. The lowest BCUT2D eigenvalue weighted by atomic mass is 10.0. The van der Waals surface area contributed by atoms with E-state index >= 15 is 0 Å². The molecule has 1 aromatic rings. The first-order valence-electron chi connectivity index (χ1n) is 14.4. The number of carbonyl (C=O) groups excluding carboxylic acids is 3. The molecule has 0 radical (unpaired) electrons. The summed E-state index contributed by atoms with van der Waals surface area (Å²) in [5.74, 6) is -6.71. The first-order chi connectivity index (χ1) is 20.2. The van der Waals surface area contributed by atoms with Crippen LogP contribution in [0.1, 0.15) is 69.3 Å². The number of carboxylic acids is 1. The minimum absolute atomic E-state index is 0.00957. The van der Waals surface area contributed by atoms with Crippen LogP contribution in [0, 0.1) is 23.5 Å². The second-order valence-electron chi connectivity index (χ2n) is 11.0. The third kappa shape index (κ3) is 10.2. The number of hydrogen-bond acceptors (Lipinski definition) is 6. The van der Waals surface area contributed by atoms with E-state index < -0.39 is 102 Å². The molecule has 0 spiro atoms. The summed E-state index contributed by atoms with van der Waals surface area (Å²) in [7, 11) is 0. The van der Waals surface area contributed by atoms with Crippen molar-refractivity contribution in [1.82, 2.24) is 15.5 Å². The van der Waals surface area contributed by atoms with Gasteiger partial charge in [0, 0.05) is 38.1 Å². The van der Waals surface area contributed by atoms with Crippen molar-refractivity contribution in [2.45, 2.75) is 90.5 Å². The van der Waals surface area contributed by atoms with Gasteiger partial charge in [0.1, 0.15) is 29.8 Å². The van der Waals surface area contributed by atoms with Gasteiger partial charge in [0.25, 0.3) is 5.91 Å². The van der Waals surface area contributed by atoms with E-state index in [2.05, 4.69) is 10.6 Å². The van der Waals surface area contributed by atoms with Crippen LogP contribution in [0.2, 0.25) is 0 Å². The van der Waals surface area contributed by atoms with Gasteiger partial charge in [0.15, 0.2) is 0 Å². The Balaban J connectivity index is 2.14. The molecule has 1 heterocycles. The van der Waals surface area contributed by atoms with E-state index in [1.54, 1.807) is 13.8 Å². The predicted molar refractivity (Wildman–Crippen MR) is 147 cm³/mol. The normalized spacial score (nSPS) is 18.3. The quantitative estimate of drug-likeness (QED) is 0.208. The minimum atomic E-state index is -3.00. The third-order valence-corrected chi connectivity index (χ3v) is 7.56. The zero-order valence-electron chi connectivity index (χ0n) is 24.7. The highest BCUT2D eigenvalue weighted by Gasteiger charge is 2.43. The van der Waals surface area contributed by atoms with Gasteiger partial charge in [-0.15, -0.1) is 0 Å².